The lowest BCUT2D eigenvalue weighted by Gasteiger charge is -2.27. The Morgan fingerprint density at radius 1 is 1.20 bits per heavy atom. The van der Waals surface area contributed by atoms with Crippen molar-refractivity contribution in [2.75, 3.05) is 13.2 Å². The van der Waals surface area contributed by atoms with E-state index in [2.05, 4.69) is 27.2 Å². The molecule has 3 aromatic heterocycles. The number of rotatable bonds is 3. The fraction of sp³-hybridized carbons (Fsp3) is 0.545. The number of halogens is 1. The number of thiol groups is 1. The van der Waals surface area contributed by atoms with Crippen LogP contribution in [0.1, 0.15) is 25.5 Å². The van der Waals surface area contributed by atoms with E-state index in [-0.39, 0.29) is 36.8 Å². The molecule has 0 radical (unpaired) electrons. The van der Waals surface area contributed by atoms with Crippen LogP contribution in [0.2, 0.25) is 0 Å². The van der Waals surface area contributed by atoms with Crippen molar-refractivity contribution in [1.82, 2.24) is 24.1 Å². The molecule has 8 atom stereocenters. The van der Waals surface area contributed by atoms with Crippen LogP contribution in [0.25, 0.3) is 11.0 Å². The van der Waals surface area contributed by atoms with Gasteiger partial charge in [-0.25, -0.2) is 23.9 Å². The number of aryl methyl sites for hydroxylation is 1. The summed E-state index contributed by atoms with van der Waals surface area (Å²) in [6.45, 7) is -8.10. The van der Waals surface area contributed by atoms with Crippen LogP contribution >= 0.6 is 25.8 Å². The standard InChI is InChI=1S/C22H26FN5O9P2S2/c1-27-11-26-20-19(21(27)29)15(23)7-28(20)22-17-6-14(35-22)9-33-39(31,41)36-16-5-13(34-18-2-3-24-10-25-18)4-12(16)8-32-38(30,40)37-17/h2-3,7,10-14,16-17,22H,4-6,8-9H2,1H3,(H,30,40)(H,31,41)/t12-,13-,14+,16+,17-,22-,38?,39?/m1/s1. The van der Waals surface area contributed by atoms with Crippen molar-refractivity contribution in [1.29, 1.82) is 0 Å². The highest BCUT2D eigenvalue weighted by atomic mass is 32.7. The predicted octanol–water partition coefficient (Wildman–Crippen LogP) is 2.88. The molecular weight excluding hydrogens is 623 g/mol. The van der Waals surface area contributed by atoms with Crippen molar-refractivity contribution in [3.05, 3.63) is 47.3 Å². The molecule has 3 aromatic rings. The number of ether oxygens (including phenoxy) is 2. The molecule has 3 aliphatic rings. The molecule has 2 unspecified atom stereocenters. The normalized spacial score (nSPS) is 36.3. The molecule has 14 nitrogen and oxygen atoms in total. The van der Waals surface area contributed by atoms with Gasteiger partial charge in [-0.15, -0.1) is 0 Å². The van der Waals surface area contributed by atoms with Crippen molar-refractivity contribution >= 4 is 48.6 Å². The van der Waals surface area contributed by atoms with E-state index in [0.717, 1.165) is 10.8 Å². The lowest BCUT2D eigenvalue weighted by molar-refractivity contribution is -0.0468. The van der Waals surface area contributed by atoms with E-state index in [1.807, 2.05) is 0 Å². The first-order chi connectivity index (χ1) is 19.5. The Balaban J connectivity index is 1.26. The molecule has 2 saturated heterocycles. The molecule has 2 bridgehead atoms. The van der Waals surface area contributed by atoms with E-state index in [9.17, 15) is 18.6 Å². The second-order valence-corrected chi connectivity index (χ2v) is 15.6. The summed E-state index contributed by atoms with van der Waals surface area (Å²) in [6, 6.07) is 1.61. The number of fused-ring (bicyclic) bond motifs is 4. The summed E-state index contributed by atoms with van der Waals surface area (Å²) >= 11 is 9.47. The molecule has 41 heavy (non-hydrogen) atoms. The van der Waals surface area contributed by atoms with Gasteiger partial charge >= 0.3 is 13.5 Å². The lowest BCUT2D eigenvalue weighted by Crippen LogP contribution is -2.24. The highest BCUT2D eigenvalue weighted by molar-refractivity contribution is 8.44. The lowest BCUT2D eigenvalue weighted by atomic mass is 10.1. The van der Waals surface area contributed by atoms with Crippen molar-refractivity contribution in [3.8, 4) is 5.88 Å². The Morgan fingerprint density at radius 2 is 2.02 bits per heavy atom. The van der Waals surface area contributed by atoms with Gasteiger partial charge in [0.15, 0.2) is 17.7 Å². The van der Waals surface area contributed by atoms with Crippen LogP contribution in [0.15, 0.2) is 35.9 Å². The number of aromatic nitrogens is 5. The highest BCUT2D eigenvalue weighted by Gasteiger charge is 2.46. The minimum Gasteiger partial charge on any atom is -0.474 e. The Hall–Kier alpha value is -1.78. The van der Waals surface area contributed by atoms with E-state index < -0.39 is 55.4 Å². The van der Waals surface area contributed by atoms with E-state index in [1.54, 1.807) is 12.3 Å². The minimum absolute atomic E-state index is 0.0148. The summed E-state index contributed by atoms with van der Waals surface area (Å²) in [5.41, 5.74) is -0.570. The van der Waals surface area contributed by atoms with Crippen LogP contribution < -0.4 is 10.3 Å². The molecule has 1 saturated carbocycles. The van der Waals surface area contributed by atoms with Crippen molar-refractivity contribution in [2.45, 2.75) is 49.9 Å². The van der Waals surface area contributed by atoms with Gasteiger partial charge in [0.1, 0.15) is 23.9 Å². The fourth-order valence-corrected chi connectivity index (χ4v) is 8.33. The van der Waals surface area contributed by atoms with Gasteiger partial charge in [0.2, 0.25) is 5.88 Å². The Bertz CT molecular complexity index is 1600. The summed E-state index contributed by atoms with van der Waals surface area (Å²) in [5, 5.41) is -0.234. The Labute approximate surface area is 243 Å². The third-order valence-corrected chi connectivity index (χ3v) is 10.3. The van der Waals surface area contributed by atoms with Crippen molar-refractivity contribution in [3.63, 3.8) is 0 Å². The zero-order valence-corrected chi connectivity index (χ0v) is 25.0. The summed E-state index contributed by atoms with van der Waals surface area (Å²) < 4.78 is 65.7. The molecule has 0 aromatic carbocycles. The van der Waals surface area contributed by atoms with Crippen LogP contribution in [-0.2, 0) is 46.3 Å². The number of hydrogen-bond acceptors (Lipinski definition) is 12. The second-order valence-electron chi connectivity index (χ2n) is 9.96. The molecule has 6 rings (SSSR count). The molecule has 2 aliphatic heterocycles. The maximum atomic E-state index is 14.9. The zero-order chi connectivity index (χ0) is 28.9. The smallest absolute Gasteiger partial charge is 0.386 e. The molecule has 5 heterocycles. The molecule has 1 aliphatic carbocycles. The van der Waals surface area contributed by atoms with E-state index in [0.29, 0.717) is 18.7 Å². The van der Waals surface area contributed by atoms with E-state index in [1.165, 1.54) is 24.3 Å². The van der Waals surface area contributed by atoms with Crippen LogP contribution in [0, 0.1) is 11.7 Å². The van der Waals surface area contributed by atoms with Gasteiger partial charge in [-0.05, 0) is 18.2 Å². The third-order valence-electron chi connectivity index (χ3n) is 7.11. The van der Waals surface area contributed by atoms with Gasteiger partial charge in [0, 0.05) is 44.3 Å². The van der Waals surface area contributed by atoms with Crippen LogP contribution in [-0.4, -0.2) is 66.6 Å². The van der Waals surface area contributed by atoms with Gasteiger partial charge in [-0.1, -0.05) is 12.2 Å². The van der Waals surface area contributed by atoms with Gasteiger partial charge in [0.05, 0.1) is 31.7 Å². The summed E-state index contributed by atoms with van der Waals surface area (Å²) in [5.74, 6) is -0.846. The van der Waals surface area contributed by atoms with Gasteiger partial charge < -0.3 is 37.1 Å². The average molecular weight is 650 g/mol. The molecule has 3 fully saturated rings. The maximum Gasteiger partial charge on any atom is 0.386 e. The van der Waals surface area contributed by atoms with Gasteiger partial charge in [-0.3, -0.25) is 9.32 Å². The maximum absolute atomic E-state index is 14.9. The molecule has 0 spiro atoms. The summed E-state index contributed by atoms with van der Waals surface area (Å²) in [7, 11) is 1.45. The predicted molar refractivity (Wildman–Crippen MR) is 147 cm³/mol. The molecule has 1 N–H and O–H groups in total. The molecule has 0 amide bonds. The average Bonchev–Trinajstić information content (AvgIpc) is 3.58. The summed E-state index contributed by atoms with van der Waals surface area (Å²) in [6.07, 6.45) is 2.27. The number of nitrogens with zero attached hydrogens (tertiary/aromatic N) is 5. The van der Waals surface area contributed by atoms with Crippen LogP contribution in [0.4, 0.5) is 4.39 Å². The van der Waals surface area contributed by atoms with E-state index in [4.69, 9.17) is 39.4 Å². The fourth-order valence-electron chi connectivity index (χ4n) is 5.27. The first-order valence-corrected chi connectivity index (χ1v) is 17.9. The SMILES string of the molecule is Cn1cnc2c(c(F)cn2[C@@H]2O[C@@H]3COP(O)(=S)O[C@H]4C[C@H](Oc5ccncn5)C[C@@H]4COP(=O)(S)O[C@@H]2C3)c1=O. The topological polar surface area (TPSA) is 158 Å². The van der Waals surface area contributed by atoms with Gasteiger partial charge in [0.25, 0.3) is 5.56 Å². The highest BCUT2D eigenvalue weighted by Crippen LogP contribution is 2.58. The van der Waals surface area contributed by atoms with Crippen molar-refractivity contribution in [2.24, 2.45) is 13.0 Å². The molecule has 222 valence electrons. The first-order valence-electron chi connectivity index (χ1n) is 12.6. The van der Waals surface area contributed by atoms with Crippen molar-refractivity contribution < 1.29 is 41.4 Å². The van der Waals surface area contributed by atoms with Gasteiger partial charge in [-0.2, -0.15) is 0 Å². The largest absolute Gasteiger partial charge is 0.474 e. The van der Waals surface area contributed by atoms with Crippen LogP contribution in [0.3, 0.4) is 0 Å². The number of hydrogen-bond donors (Lipinski definition) is 2. The molecular formula is C22H26FN5O9P2S2. The second kappa shape index (κ2) is 11.4. The Kier molecular flexibility index (Phi) is 8.13. The van der Waals surface area contributed by atoms with E-state index >= 15 is 0 Å². The minimum atomic E-state index is -4.01. The van der Waals surface area contributed by atoms with Crippen LogP contribution in [0.5, 0.6) is 5.88 Å². The quantitative estimate of drug-likeness (QED) is 0.316. The Morgan fingerprint density at radius 3 is 2.80 bits per heavy atom. The summed E-state index contributed by atoms with van der Waals surface area (Å²) in [4.78, 5) is 35.6. The molecule has 19 heteroatoms. The first kappa shape index (κ1) is 29.3. The zero-order valence-electron chi connectivity index (χ0n) is 21.5. The monoisotopic (exact) mass is 649 g/mol. The third kappa shape index (κ3) is 6.30.